The first-order chi connectivity index (χ1) is 10.8. The zero-order valence-electron chi connectivity index (χ0n) is 12.8. The molecule has 2 aliphatic rings. The molecule has 0 radical (unpaired) electrons. The van der Waals surface area contributed by atoms with Crippen molar-refractivity contribution in [2.45, 2.75) is 38.1 Å². The van der Waals surface area contributed by atoms with E-state index in [2.05, 4.69) is 5.32 Å². The lowest BCUT2D eigenvalue weighted by molar-refractivity contribution is -0.136. The van der Waals surface area contributed by atoms with E-state index in [0.717, 1.165) is 44.5 Å². The van der Waals surface area contributed by atoms with Gasteiger partial charge in [0.2, 0.25) is 5.91 Å². The highest BCUT2D eigenvalue weighted by Gasteiger charge is 2.36. The summed E-state index contributed by atoms with van der Waals surface area (Å²) in [6.45, 7) is 2.33. The number of carbonyl (C=O) groups excluding carboxylic acids is 2. The Labute approximate surface area is 131 Å². The van der Waals surface area contributed by atoms with Gasteiger partial charge in [-0.15, -0.1) is 0 Å². The van der Waals surface area contributed by atoms with Gasteiger partial charge in [-0.25, -0.2) is 4.79 Å². The summed E-state index contributed by atoms with van der Waals surface area (Å²) in [6.07, 6.45) is 5.03. The Morgan fingerprint density at radius 3 is 2.41 bits per heavy atom. The van der Waals surface area contributed by atoms with Gasteiger partial charge in [0.15, 0.2) is 0 Å². The minimum atomic E-state index is -0.290. The molecule has 0 aliphatic carbocycles. The molecule has 0 spiro atoms. The van der Waals surface area contributed by atoms with Crippen LogP contribution in [0.4, 0.5) is 10.5 Å². The van der Waals surface area contributed by atoms with Gasteiger partial charge in [0.1, 0.15) is 6.04 Å². The summed E-state index contributed by atoms with van der Waals surface area (Å²) in [4.78, 5) is 28.8. The topological polar surface area (TPSA) is 52.7 Å². The predicted octanol–water partition coefficient (Wildman–Crippen LogP) is 2.70. The Bertz CT molecular complexity index is 526. The molecule has 3 rings (SSSR count). The minimum absolute atomic E-state index is 0.125. The summed E-state index contributed by atoms with van der Waals surface area (Å²) in [5.74, 6) is 0.125. The zero-order chi connectivity index (χ0) is 15.4. The monoisotopic (exact) mass is 301 g/mol. The number of benzene rings is 1. The number of anilines is 1. The van der Waals surface area contributed by atoms with Gasteiger partial charge in [0.05, 0.1) is 0 Å². The molecule has 5 nitrogen and oxygen atoms in total. The highest BCUT2D eigenvalue weighted by molar-refractivity contribution is 5.94. The largest absolute Gasteiger partial charge is 0.341 e. The smallest absolute Gasteiger partial charge is 0.322 e. The molecule has 1 unspecified atom stereocenters. The lowest BCUT2D eigenvalue weighted by Gasteiger charge is -2.32. The van der Waals surface area contributed by atoms with Crippen LogP contribution in [0, 0.1) is 0 Å². The van der Waals surface area contributed by atoms with Crippen LogP contribution in [0.15, 0.2) is 30.3 Å². The quantitative estimate of drug-likeness (QED) is 0.913. The minimum Gasteiger partial charge on any atom is -0.341 e. The van der Waals surface area contributed by atoms with Crippen molar-refractivity contribution in [2.75, 3.05) is 25.0 Å². The number of para-hydroxylation sites is 1. The Kier molecular flexibility index (Phi) is 4.61. The second-order valence-electron chi connectivity index (χ2n) is 6.03. The zero-order valence-corrected chi connectivity index (χ0v) is 12.8. The summed E-state index contributed by atoms with van der Waals surface area (Å²) < 4.78 is 0. The molecular formula is C17H23N3O2. The summed E-state index contributed by atoms with van der Waals surface area (Å²) in [6, 6.07) is 8.94. The number of piperidine rings is 1. The number of hydrogen-bond donors (Lipinski definition) is 1. The van der Waals surface area contributed by atoms with Crippen LogP contribution in [0.3, 0.4) is 0 Å². The van der Waals surface area contributed by atoms with Crippen molar-refractivity contribution in [3.8, 4) is 0 Å². The molecule has 1 atom stereocenters. The number of urea groups is 1. The van der Waals surface area contributed by atoms with Gasteiger partial charge in [-0.2, -0.15) is 0 Å². The summed E-state index contributed by atoms with van der Waals surface area (Å²) in [5, 5.41) is 2.89. The summed E-state index contributed by atoms with van der Waals surface area (Å²) in [7, 11) is 0. The van der Waals surface area contributed by atoms with Gasteiger partial charge in [-0.1, -0.05) is 18.2 Å². The molecule has 5 heteroatoms. The standard InChI is InChI=1S/C17H23N3O2/c21-16(19-11-5-2-6-12-19)15-10-7-13-20(15)17(22)18-14-8-3-1-4-9-14/h1,3-4,8-9,15H,2,5-7,10-13H2,(H,18,22). The molecule has 2 saturated heterocycles. The number of amides is 3. The maximum atomic E-state index is 12.7. The maximum absolute atomic E-state index is 12.7. The van der Waals surface area contributed by atoms with E-state index in [1.54, 1.807) is 4.90 Å². The third kappa shape index (κ3) is 3.24. The van der Waals surface area contributed by atoms with Crippen LogP contribution in [0.5, 0.6) is 0 Å². The van der Waals surface area contributed by atoms with Crippen LogP contribution in [0.25, 0.3) is 0 Å². The Hall–Kier alpha value is -2.04. The normalized spacial score (nSPS) is 21.7. The van der Waals surface area contributed by atoms with E-state index in [0.29, 0.717) is 6.54 Å². The van der Waals surface area contributed by atoms with Crippen LogP contribution in [-0.2, 0) is 4.79 Å². The Morgan fingerprint density at radius 1 is 0.955 bits per heavy atom. The van der Waals surface area contributed by atoms with Crippen LogP contribution in [0.1, 0.15) is 32.1 Å². The van der Waals surface area contributed by atoms with E-state index in [-0.39, 0.29) is 18.0 Å². The summed E-state index contributed by atoms with van der Waals surface area (Å²) >= 11 is 0. The van der Waals surface area contributed by atoms with Crippen molar-refractivity contribution in [1.29, 1.82) is 0 Å². The van der Waals surface area contributed by atoms with Crippen LogP contribution in [0.2, 0.25) is 0 Å². The van der Waals surface area contributed by atoms with Gasteiger partial charge in [-0.3, -0.25) is 4.79 Å². The fourth-order valence-electron chi connectivity index (χ4n) is 3.31. The van der Waals surface area contributed by atoms with Gasteiger partial charge in [0.25, 0.3) is 0 Å². The molecule has 22 heavy (non-hydrogen) atoms. The number of hydrogen-bond acceptors (Lipinski definition) is 2. The summed E-state index contributed by atoms with van der Waals surface area (Å²) in [5.41, 5.74) is 0.767. The second-order valence-corrected chi connectivity index (χ2v) is 6.03. The predicted molar refractivity (Wildman–Crippen MR) is 85.6 cm³/mol. The van der Waals surface area contributed by atoms with Crippen molar-refractivity contribution in [2.24, 2.45) is 0 Å². The second kappa shape index (κ2) is 6.81. The number of likely N-dealkylation sites (tertiary alicyclic amines) is 2. The average molecular weight is 301 g/mol. The number of carbonyl (C=O) groups is 2. The highest BCUT2D eigenvalue weighted by Crippen LogP contribution is 2.22. The average Bonchev–Trinajstić information content (AvgIpc) is 3.05. The van der Waals surface area contributed by atoms with Crippen molar-refractivity contribution in [1.82, 2.24) is 9.80 Å². The van der Waals surface area contributed by atoms with Gasteiger partial charge in [-0.05, 0) is 44.2 Å². The Balaban J connectivity index is 1.64. The molecule has 1 N–H and O–H groups in total. The molecule has 2 aliphatic heterocycles. The van der Waals surface area contributed by atoms with E-state index in [9.17, 15) is 9.59 Å². The number of nitrogens with zero attached hydrogens (tertiary/aromatic N) is 2. The molecule has 0 saturated carbocycles. The van der Waals surface area contributed by atoms with Crippen LogP contribution in [-0.4, -0.2) is 47.4 Å². The van der Waals surface area contributed by atoms with Crippen LogP contribution < -0.4 is 5.32 Å². The van der Waals surface area contributed by atoms with Crippen molar-refractivity contribution in [3.05, 3.63) is 30.3 Å². The van der Waals surface area contributed by atoms with Gasteiger partial charge in [0, 0.05) is 25.3 Å². The SMILES string of the molecule is O=C(C1CCCN1C(=O)Nc1ccccc1)N1CCCCC1. The molecule has 118 valence electrons. The van der Waals surface area contributed by atoms with Crippen molar-refractivity contribution < 1.29 is 9.59 Å². The molecule has 2 fully saturated rings. The fourth-order valence-corrected chi connectivity index (χ4v) is 3.31. The molecule has 0 bridgehead atoms. The number of rotatable bonds is 2. The third-order valence-electron chi connectivity index (χ3n) is 4.49. The fraction of sp³-hybridized carbons (Fsp3) is 0.529. The van der Waals surface area contributed by atoms with Crippen molar-refractivity contribution >= 4 is 17.6 Å². The maximum Gasteiger partial charge on any atom is 0.322 e. The molecule has 3 amide bonds. The first kappa shape index (κ1) is 14.9. The van der Waals surface area contributed by atoms with E-state index in [4.69, 9.17) is 0 Å². The van der Waals surface area contributed by atoms with Crippen molar-refractivity contribution in [3.63, 3.8) is 0 Å². The lowest BCUT2D eigenvalue weighted by Crippen LogP contribution is -2.50. The molecule has 1 aromatic rings. The first-order valence-electron chi connectivity index (χ1n) is 8.17. The third-order valence-corrected chi connectivity index (χ3v) is 4.49. The van der Waals surface area contributed by atoms with Gasteiger partial charge >= 0.3 is 6.03 Å². The van der Waals surface area contributed by atoms with E-state index >= 15 is 0 Å². The van der Waals surface area contributed by atoms with E-state index in [1.807, 2.05) is 35.2 Å². The van der Waals surface area contributed by atoms with E-state index in [1.165, 1.54) is 6.42 Å². The lowest BCUT2D eigenvalue weighted by atomic mass is 10.1. The highest BCUT2D eigenvalue weighted by atomic mass is 16.2. The first-order valence-corrected chi connectivity index (χ1v) is 8.17. The van der Waals surface area contributed by atoms with Gasteiger partial charge < -0.3 is 15.1 Å². The molecule has 1 aromatic carbocycles. The van der Waals surface area contributed by atoms with Crippen LogP contribution >= 0.6 is 0 Å². The molecule has 2 heterocycles. The molecular weight excluding hydrogens is 278 g/mol. The number of nitrogens with one attached hydrogen (secondary N) is 1. The molecule has 0 aromatic heterocycles. The Morgan fingerprint density at radius 2 is 1.68 bits per heavy atom. The van der Waals surface area contributed by atoms with E-state index < -0.39 is 0 Å².